The Morgan fingerprint density at radius 1 is 0.958 bits per heavy atom. The quantitative estimate of drug-likeness (QED) is 0.0907. The molecular weight excluding hydrogens is 611 g/mol. The molecule has 4 N–H and O–H groups in total. The molecule has 240 valence electrons. The van der Waals surface area contributed by atoms with E-state index < -0.39 is 0 Å². The molecule has 3 aliphatic heterocycles. The number of thiocarbonyl (C=S) groups is 1. The third-order valence-corrected chi connectivity index (χ3v) is 10.8. The number of nitrogen functional groups attached to an aromatic ring is 1. The molecule has 3 saturated heterocycles. The smallest absolute Gasteiger partial charge is 0.171 e. The largest absolute Gasteiger partial charge is 0.497 e. The van der Waals surface area contributed by atoms with Crippen LogP contribution in [-0.4, -0.2) is 41.2 Å². The van der Waals surface area contributed by atoms with Gasteiger partial charge < -0.3 is 21.1 Å². The van der Waals surface area contributed by atoms with Gasteiger partial charge in [0.1, 0.15) is 5.75 Å². The van der Waals surface area contributed by atoms with Gasteiger partial charge in [-0.25, -0.2) is 0 Å². The molecule has 0 radical (unpaired) electrons. The Morgan fingerprint density at radius 3 is 2.44 bits per heavy atom. The average molecular weight is 650 g/mol. The molecule has 2 bridgehead atoms. The molecule has 48 heavy (non-hydrogen) atoms. The van der Waals surface area contributed by atoms with Crippen molar-refractivity contribution in [3.63, 3.8) is 0 Å². The van der Waals surface area contributed by atoms with Crippen molar-refractivity contribution in [1.29, 1.82) is 0 Å². The van der Waals surface area contributed by atoms with Gasteiger partial charge in [0.15, 0.2) is 5.11 Å². The Kier molecular flexibility index (Phi) is 7.95. The van der Waals surface area contributed by atoms with Crippen molar-refractivity contribution in [1.82, 2.24) is 15.2 Å². The minimum atomic E-state index is -0.0808. The highest BCUT2D eigenvalue weighted by Crippen LogP contribution is 2.44. The van der Waals surface area contributed by atoms with Crippen molar-refractivity contribution in [2.24, 2.45) is 11.8 Å². The van der Waals surface area contributed by atoms with Crippen LogP contribution in [0.2, 0.25) is 0 Å². The molecular formula is C41H39N5OS. The van der Waals surface area contributed by atoms with E-state index in [-0.39, 0.29) is 12.1 Å². The van der Waals surface area contributed by atoms with Gasteiger partial charge in [0.05, 0.1) is 18.7 Å². The first-order valence-electron chi connectivity index (χ1n) is 16.7. The summed E-state index contributed by atoms with van der Waals surface area (Å²) >= 11 is 6.22. The standard InChI is InChI=1S/C41H39N5OS/c1-3-25-24-46-21-19-28(25)22-37(46)40(32-18-20-43-35-17-14-29(47-2)23-33(32)35)45-41(48)44-36-16-13-27-9-5-7-11-31(27)39(36)38-30-10-6-4-8-26(30)12-15-34(38)42/h3-18,20,23,25,28,37,40H,1,19,21-22,24,42H2,2H3,(H2,44,45,48)/t25-,28-,37+,40+/m0/s1. The molecule has 4 heterocycles. The number of aromatic nitrogens is 1. The van der Waals surface area contributed by atoms with Crippen molar-refractivity contribution < 1.29 is 4.74 Å². The highest BCUT2D eigenvalue weighted by atomic mass is 32.1. The molecule has 6 aromatic rings. The first-order chi connectivity index (χ1) is 23.5. The number of benzene rings is 5. The molecule has 7 heteroatoms. The number of rotatable bonds is 7. The molecule has 3 aliphatic rings. The second-order valence-corrected chi connectivity index (χ2v) is 13.5. The van der Waals surface area contributed by atoms with Crippen molar-refractivity contribution in [2.75, 3.05) is 31.2 Å². The number of nitrogens with one attached hydrogen (secondary N) is 2. The zero-order chi connectivity index (χ0) is 32.8. The van der Waals surface area contributed by atoms with E-state index in [1.54, 1.807) is 7.11 Å². The minimum absolute atomic E-state index is 0.0808. The van der Waals surface area contributed by atoms with Crippen LogP contribution in [0.15, 0.2) is 116 Å². The van der Waals surface area contributed by atoms with Gasteiger partial charge in [-0.15, -0.1) is 6.58 Å². The van der Waals surface area contributed by atoms with Crippen LogP contribution in [0.3, 0.4) is 0 Å². The number of hydrogen-bond donors (Lipinski definition) is 3. The average Bonchev–Trinajstić information content (AvgIpc) is 3.13. The summed E-state index contributed by atoms with van der Waals surface area (Å²) in [6, 6.07) is 33.6. The van der Waals surface area contributed by atoms with E-state index in [1.165, 1.54) is 6.42 Å². The Bertz CT molecular complexity index is 2200. The third-order valence-electron chi connectivity index (χ3n) is 10.5. The lowest BCUT2D eigenvalue weighted by molar-refractivity contribution is 0.00443. The molecule has 1 aromatic heterocycles. The first-order valence-corrected chi connectivity index (χ1v) is 17.1. The lowest BCUT2D eigenvalue weighted by Crippen LogP contribution is -2.57. The number of hydrogen-bond acceptors (Lipinski definition) is 5. The van der Waals surface area contributed by atoms with E-state index in [1.807, 2.05) is 24.4 Å². The fourth-order valence-electron chi connectivity index (χ4n) is 8.16. The van der Waals surface area contributed by atoms with Gasteiger partial charge >= 0.3 is 0 Å². The van der Waals surface area contributed by atoms with Crippen molar-refractivity contribution in [3.05, 3.63) is 121 Å². The molecule has 6 nitrogen and oxygen atoms in total. The molecule has 0 spiro atoms. The lowest BCUT2D eigenvalue weighted by Gasteiger charge is -2.52. The van der Waals surface area contributed by atoms with Gasteiger partial charge in [0, 0.05) is 46.7 Å². The van der Waals surface area contributed by atoms with Gasteiger partial charge in [-0.2, -0.15) is 0 Å². The molecule has 5 aromatic carbocycles. The molecule has 3 fully saturated rings. The van der Waals surface area contributed by atoms with Crippen LogP contribution in [0, 0.1) is 11.8 Å². The number of ether oxygens (including phenoxy) is 1. The van der Waals surface area contributed by atoms with Gasteiger partial charge in [-0.3, -0.25) is 9.88 Å². The van der Waals surface area contributed by atoms with E-state index >= 15 is 0 Å². The Labute approximate surface area is 286 Å². The van der Waals surface area contributed by atoms with Crippen LogP contribution in [0.25, 0.3) is 43.6 Å². The zero-order valence-corrected chi connectivity index (χ0v) is 27.8. The van der Waals surface area contributed by atoms with Crippen molar-refractivity contribution in [3.8, 4) is 16.9 Å². The maximum atomic E-state index is 6.79. The number of pyridine rings is 1. The number of methoxy groups -OCH3 is 1. The van der Waals surface area contributed by atoms with E-state index in [0.717, 1.165) is 85.8 Å². The molecule has 0 saturated carbocycles. The second-order valence-electron chi connectivity index (χ2n) is 13.1. The Hall–Kier alpha value is -4.98. The van der Waals surface area contributed by atoms with E-state index in [4.69, 9.17) is 27.7 Å². The summed E-state index contributed by atoms with van der Waals surface area (Å²) < 4.78 is 5.65. The maximum absolute atomic E-state index is 6.79. The van der Waals surface area contributed by atoms with Crippen LogP contribution in [0.1, 0.15) is 24.4 Å². The number of nitrogens with zero attached hydrogens (tertiary/aromatic N) is 2. The Balaban J connectivity index is 1.22. The van der Waals surface area contributed by atoms with E-state index in [2.05, 4.69) is 107 Å². The summed E-state index contributed by atoms with van der Waals surface area (Å²) in [7, 11) is 1.71. The summed E-state index contributed by atoms with van der Waals surface area (Å²) in [6.45, 7) is 6.24. The minimum Gasteiger partial charge on any atom is -0.497 e. The van der Waals surface area contributed by atoms with Crippen molar-refractivity contribution >= 4 is 61.2 Å². The first kappa shape index (κ1) is 30.4. The number of anilines is 2. The van der Waals surface area contributed by atoms with Crippen LogP contribution < -0.4 is 21.1 Å². The van der Waals surface area contributed by atoms with E-state index in [9.17, 15) is 0 Å². The Morgan fingerprint density at radius 2 is 1.71 bits per heavy atom. The summed E-state index contributed by atoms with van der Waals surface area (Å²) in [4.78, 5) is 7.32. The zero-order valence-electron chi connectivity index (χ0n) is 27.0. The summed E-state index contributed by atoms with van der Waals surface area (Å²) in [6.07, 6.45) is 6.32. The van der Waals surface area contributed by atoms with Crippen LogP contribution in [0.4, 0.5) is 11.4 Å². The van der Waals surface area contributed by atoms with E-state index in [0.29, 0.717) is 16.9 Å². The predicted molar refractivity (Wildman–Crippen MR) is 203 cm³/mol. The van der Waals surface area contributed by atoms with Crippen LogP contribution in [0.5, 0.6) is 5.75 Å². The molecule has 5 atom stereocenters. The number of piperidine rings is 3. The maximum Gasteiger partial charge on any atom is 0.171 e. The number of fused-ring (bicyclic) bond motifs is 6. The predicted octanol–water partition coefficient (Wildman–Crippen LogP) is 8.72. The highest BCUT2D eigenvalue weighted by molar-refractivity contribution is 7.80. The SMILES string of the molecule is C=C[C@H]1CN2CC[C@H]1C[C@@H]2[C@H](NC(=S)Nc1ccc2ccccc2c1-c1c(N)ccc2ccccc12)c1ccnc2ccc(OC)cc12. The summed E-state index contributed by atoms with van der Waals surface area (Å²) in [5.41, 5.74) is 12.6. The third kappa shape index (κ3) is 5.33. The van der Waals surface area contributed by atoms with Crippen LogP contribution >= 0.6 is 12.2 Å². The fraction of sp³-hybridized carbons (Fsp3) is 0.220. The number of nitrogens with two attached hydrogens (primary N) is 1. The molecule has 0 amide bonds. The molecule has 1 unspecified atom stereocenters. The monoisotopic (exact) mass is 649 g/mol. The topological polar surface area (TPSA) is 75.4 Å². The summed E-state index contributed by atoms with van der Waals surface area (Å²) in [5.74, 6) is 1.93. The van der Waals surface area contributed by atoms with Gasteiger partial charge in [0.2, 0.25) is 0 Å². The van der Waals surface area contributed by atoms with Crippen LogP contribution in [-0.2, 0) is 0 Å². The van der Waals surface area contributed by atoms with Gasteiger partial charge in [0.25, 0.3) is 0 Å². The highest BCUT2D eigenvalue weighted by Gasteiger charge is 2.43. The fourth-order valence-corrected chi connectivity index (χ4v) is 8.40. The van der Waals surface area contributed by atoms with Crippen molar-refractivity contribution in [2.45, 2.75) is 24.9 Å². The lowest BCUT2D eigenvalue weighted by atomic mass is 9.73. The molecule has 0 aliphatic carbocycles. The molecule has 9 rings (SSSR count). The van der Waals surface area contributed by atoms with Gasteiger partial charge in [-0.05, 0) is 107 Å². The normalized spacial score (nSPS) is 20.9. The summed E-state index contributed by atoms with van der Waals surface area (Å²) in [5, 5.41) is 13.6. The second kappa shape index (κ2) is 12.6. The van der Waals surface area contributed by atoms with Gasteiger partial charge in [-0.1, -0.05) is 66.7 Å².